The quantitative estimate of drug-likeness (QED) is 0.517. The van der Waals surface area contributed by atoms with Gasteiger partial charge in [-0.25, -0.2) is 4.98 Å². The van der Waals surface area contributed by atoms with Crippen LogP contribution >= 0.6 is 0 Å². The van der Waals surface area contributed by atoms with Crippen LogP contribution in [-0.2, 0) is 19.1 Å². The lowest BCUT2D eigenvalue weighted by molar-refractivity contribution is -0.141. The maximum absolute atomic E-state index is 13.7. The molecule has 9 nitrogen and oxygen atoms in total. The SMILES string of the molecule is O=C1CCCN1CCCN1C[C@@H](OCC2CC2)CN(C(=O)[C@@H]2CCCN(c3ccccn3)C2)CC1=O. The first-order chi connectivity index (χ1) is 17.6. The van der Waals surface area contributed by atoms with E-state index >= 15 is 0 Å². The first kappa shape index (κ1) is 25.0. The molecular weight excluding hydrogens is 458 g/mol. The standard InChI is InChI=1S/C27H39N5O4/c33-25-8-4-12-29(25)14-5-15-31-17-23(36-20-21-9-10-21)18-32(19-26(31)34)27(35)22-6-3-13-30(16-22)24-7-1-2-11-28-24/h1-2,7,11,21-23H,3-6,8-10,12-20H2/t22-,23-/m1/s1. The number of carbonyl (C=O) groups is 3. The Kier molecular flexibility index (Phi) is 8.04. The van der Waals surface area contributed by atoms with Crippen LogP contribution in [0.15, 0.2) is 24.4 Å². The van der Waals surface area contributed by atoms with Crippen LogP contribution in [0.1, 0.15) is 44.9 Å². The Morgan fingerprint density at radius 1 is 0.972 bits per heavy atom. The van der Waals surface area contributed by atoms with E-state index in [4.69, 9.17) is 4.74 Å². The monoisotopic (exact) mass is 497 g/mol. The van der Waals surface area contributed by atoms with Crippen LogP contribution in [0.2, 0.25) is 0 Å². The molecule has 36 heavy (non-hydrogen) atoms. The minimum Gasteiger partial charge on any atom is -0.374 e. The second-order valence-corrected chi connectivity index (χ2v) is 10.8. The van der Waals surface area contributed by atoms with Crippen molar-refractivity contribution in [3.05, 3.63) is 24.4 Å². The van der Waals surface area contributed by atoms with Crippen LogP contribution in [0.25, 0.3) is 0 Å². The molecule has 3 aliphatic heterocycles. The van der Waals surface area contributed by atoms with E-state index in [1.165, 1.54) is 12.8 Å². The van der Waals surface area contributed by atoms with Gasteiger partial charge >= 0.3 is 0 Å². The zero-order valence-corrected chi connectivity index (χ0v) is 21.2. The summed E-state index contributed by atoms with van der Waals surface area (Å²) in [5.41, 5.74) is 0. The number of ether oxygens (including phenoxy) is 1. The van der Waals surface area contributed by atoms with Crippen molar-refractivity contribution in [3.63, 3.8) is 0 Å². The van der Waals surface area contributed by atoms with Gasteiger partial charge in [0.15, 0.2) is 0 Å². The van der Waals surface area contributed by atoms with Crippen LogP contribution in [0.3, 0.4) is 0 Å². The summed E-state index contributed by atoms with van der Waals surface area (Å²) in [6, 6.07) is 5.85. The van der Waals surface area contributed by atoms with Gasteiger partial charge in [-0.05, 0) is 56.6 Å². The van der Waals surface area contributed by atoms with Crippen molar-refractivity contribution in [2.45, 2.75) is 51.0 Å². The molecule has 3 saturated heterocycles. The van der Waals surface area contributed by atoms with Crippen LogP contribution in [0.5, 0.6) is 0 Å². The summed E-state index contributed by atoms with van der Waals surface area (Å²) in [6.45, 7) is 5.38. The molecule has 0 bridgehead atoms. The Bertz CT molecular complexity index is 924. The largest absolute Gasteiger partial charge is 0.374 e. The van der Waals surface area contributed by atoms with Gasteiger partial charge in [0.2, 0.25) is 17.7 Å². The molecule has 0 unspecified atom stereocenters. The number of likely N-dealkylation sites (tertiary alicyclic amines) is 1. The molecule has 4 heterocycles. The minimum atomic E-state index is -0.176. The molecule has 0 N–H and O–H groups in total. The molecule has 0 radical (unpaired) electrons. The third-order valence-electron chi connectivity index (χ3n) is 7.87. The van der Waals surface area contributed by atoms with Crippen molar-refractivity contribution >= 4 is 23.5 Å². The third-order valence-corrected chi connectivity index (χ3v) is 7.87. The molecular formula is C27H39N5O4. The Balaban J connectivity index is 1.21. The summed E-state index contributed by atoms with van der Waals surface area (Å²) >= 11 is 0. The summed E-state index contributed by atoms with van der Waals surface area (Å²) in [6.07, 6.45) is 8.08. The number of hydrogen-bond acceptors (Lipinski definition) is 6. The fourth-order valence-electron chi connectivity index (χ4n) is 5.60. The van der Waals surface area contributed by atoms with E-state index in [1.807, 2.05) is 28.0 Å². The maximum atomic E-state index is 13.7. The zero-order valence-electron chi connectivity index (χ0n) is 21.2. The predicted octanol–water partition coefficient (Wildman–Crippen LogP) is 1.78. The number of amides is 3. The smallest absolute Gasteiger partial charge is 0.242 e. The number of piperidine rings is 1. The van der Waals surface area contributed by atoms with E-state index in [9.17, 15) is 14.4 Å². The van der Waals surface area contributed by atoms with Gasteiger partial charge in [0.1, 0.15) is 5.82 Å². The van der Waals surface area contributed by atoms with Gasteiger partial charge in [0.05, 0.1) is 18.6 Å². The van der Waals surface area contributed by atoms with Crippen molar-refractivity contribution in [1.29, 1.82) is 0 Å². The van der Waals surface area contributed by atoms with E-state index < -0.39 is 0 Å². The molecule has 1 aromatic rings. The Labute approximate surface area is 213 Å². The van der Waals surface area contributed by atoms with Gasteiger partial charge < -0.3 is 24.3 Å². The summed E-state index contributed by atoms with van der Waals surface area (Å²) in [5, 5.41) is 0. The zero-order chi connectivity index (χ0) is 24.9. The summed E-state index contributed by atoms with van der Waals surface area (Å²) in [7, 11) is 0. The Morgan fingerprint density at radius 2 is 1.83 bits per heavy atom. The molecule has 4 aliphatic rings. The van der Waals surface area contributed by atoms with Crippen molar-refractivity contribution in [2.24, 2.45) is 11.8 Å². The highest BCUT2D eigenvalue weighted by atomic mass is 16.5. The second kappa shape index (κ2) is 11.6. The van der Waals surface area contributed by atoms with Crippen LogP contribution in [0.4, 0.5) is 5.82 Å². The molecule has 3 amide bonds. The first-order valence-corrected chi connectivity index (χ1v) is 13.7. The molecule has 0 aromatic carbocycles. The highest BCUT2D eigenvalue weighted by molar-refractivity contribution is 5.87. The van der Waals surface area contributed by atoms with E-state index in [1.54, 1.807) is 11.1 Å². The second-order valence-electron chi connectivity index (χ2n) is 10.8. The fraction of sp³-hybridized carbons (Fsp3) is 0.704. The van der Waals surface area contributed by atoms with Gasteiger partial charge in [0, 0.05) is 65.0 Å². The number of carbonyl (C=O) groups excluding carboxylic acids is 3. The average molecular weight is 498 g/mol. The normalized spacial score (nSPS) is 25.4. The van der Waals surface area contributed by atoms with Crippen LogP contribution < -0.4 is 4.90 Å². The highest BCUT2D eigenvalue weighted by Gasteiger charge is 2.36. The minimum absolute atomic E-state index is 0.0222. The molecule has 196 valence electrons. The van der Waals surface area contributed by atoms with Gasteiger partial charge in [0.25, 0.3) is 0 Å². The summed E-state index contributed by atoms with van der Waals surface area (Å²) in [5.74, 6) is 1.61. The molecule has 5 rings (SSSR count). The van der Waals surface area contributed by atoms with Gasteiger partial charge in [-0.1, -0.05) is 6.07 Å². The Morgan fingerprint density at radius 3 is 2.58 bits per heavy atom. The van der Waals surface area contributed by atoms with E-state index in [0.717, 1.165) is 44.6 Å². The van der Waals surface area contributed by atoms with Crippen molar-refractivity contribution < 1.29 is 19.1 Å². The van der Waals surface area contributed by atoms with Crippen LogP contribution in [0, 0.1) is 11.8 Å². The molecule has 9 heteroatoms. The number of rotatable bonds is 9. The molecule has 1 aromatic heterocycles. The summed E-state index contributed by atoms with van der Waals surface area (Å²) in [4.78, 5) is 51.0. The molecule has 0 spiro atoms. The summed E-state index contributed by atoms with van der Waals surface area (Å²) < 4.78 is 6.25. The van der Waals surface area contributed by atoms with Crippen molar-refractivity contribution in [3.8, 4) is 0 Å². The molecule has 2 atom stereocenters. The lowest BCUT2D eigenvalue weighted by Crippen LogP contribution is -2.48. The number of hydrogen-bond donors (Lipinski definition) is 0. The number of pyridine rings is 1. The van der Waals surface area contributed by atoms with Crippen LogP contribution in [-0.4, -0.2) is 102 Å². The van der Waals surface area contributed by atoms with E-state index in [2.05, 4.69) is 9.88 Å². The Hall–Kier alpha value is -2.68. The highest BCUT2D eigenvalue weighted by Crippen LogP contribution is 2.30. The van der Waals surface area contributed by atoms with Gasteiger partial charge in [-0.2, -0.15) is 0 Å². The van der Waals surface area contributed by atoms with Crippen molar-refractivity contribution in [1.82, 2.24) is 19.7 Å². The number of anilines is 1. The lowest BCUT2D eigenvalue weighted by atomic mass is 9.96. The van der Waals surface area contributed by atoms with E-state index in [-0.39, 0.29) is 36.3 Å². The lowest BCUT2D eigenvalue weighted by Gasteiger charge is -2.35. The molecule has 4 fully saturated rings. The molecule has 1 aliphatic carbocycles. The number of nitrogens with zero attached hydrogens (tertiary/aromatic N) is 5. The van der Waals surface area contributed by atoms with E-state index in [0.29, 0.717) is 51.7 Å². The first-order valence-electron chi connectivity index (χ1n) is 13.7. The maximum Gasteiger partial charge on any atom is 0.242 e. The molecule has 1 saturated carbocycles. The number of aromatic nitrogens is 1. The average Bonchev–Trinajstić information content (AvgIpc) is 3.67. The van der Waals surface area contributed by atoms with Gasteiger partial charge in [-0.3, -0.25) is 14.4 Å². The van der Waals surface area contributed by atoms with Crippen molar-refractivity contribution in [2.75, 3.05) is 63.9 Å². The topological polar surface area (TPSA) is 86.3 Å². The predicted molar refractivity (Wildman–Crippen MR) is 135 cm³/mol. The fourth-order valence-corrected chi connectivity index (χ4v) is 5.60. The van der Waals surface area contributed by atoms with Gasteiger partial charge in [-0.15, -0.1) is 0 Å². The third kappa shape index (κ3) is 6.35.